The highest BCUT2D eigenvalue weighted by Gasteiger charge is 2.47. The van der Waals surface area contributed by atoms with Gasteiger partial charge < -0.3 is 23.9 Å². The molecule has 0 bridgehead atoms. The van der Waals surface area contributed by atoms with Gasteiger partial charge in [0.1, 0.15) is 0 Å². The Hall–Kier alpha value is -2.72. The summed E-state index contributed by atoms with van der Waals surface area (Å²) in [4.78, 5) is 30.0. The van der Waals surface area contributed by atoms with E-state index in [-0.39, 0.29) is 43.2 Å². The van der Waals surface area contributed by atoms with Crippen LogP contribution in [0.15, 0.2) is 29.4 Å². The van der Waals surface area contributed by atoms with Crippen molar-refractivity contribution >= 4 is 23.1 Å². The molecule has 2 fully saturated rings. The van der Waals surface area contributed by atoms with E-state index >= 15 is 0 Å². The molecule has 0 unspecified atom stereocenters. The topological polar surface area (TPSA) is 113 Å². The Morgan fingerprint density at radius 1 is 1.28 bits per heavy atom. The number of anilines is 1. The van der Waals surface area contributed by atoms with Crippen molar-refractivity contribution in [1.29, 1.82) is 0 Å². The van der Waals surface area contributed by atoms with Gasteiger partial charge in [-0.3, -0.25) is 10.1 Å². The van der Waals surface area contributed by atoms with Gasteiger partial charge in [0.05, 0.1) is 30.7 Å². The van der Waals surface area contributed by atoms with Gasteiger partial charge in [0.2, 0.25) is 0 Å². The number of carbonyl (C=O) groups is 1. The fraction of sp³-hybridized carbons (Fsp3) is 0.579. The fourth-order valence-corrected chi connectivity index (χ4v) is 3.87. The van der Waals surface area contributed by atoms with Crippen molar-refractivity contribution < 1.29 is 28.8 Å². The summed E-state index contributed by atoms with van der Waals surface area (Å²) in [6.07, 6.45) is 0.909. The number of esters is 1. The molecule has 1 spiro atoms. The van der Waals surface area contributed by atoms with Crippen molar-refractivity contribution in [1.82, 2.24) is 0 Å². The second kappa shape index (κ2) is 7.96. The van der Waals surface area contributed by atoms with Crippen molar-refractivity contribution in [3.63, 3.8) is 0 Å². The maximum absolute atomic E-state index is 12.1. The van der Waals surface area contributed by atoms with Crippen LogP contribution in [0.5, 0.6) is 0 Å². The number of ether oxygens (including phenoxy) is 3. The smallest absolute Gasteiger partial charge is 0.356 e. The number of piperidine rings is 1. The molecule has 156 valence electrons. The predicted molar refractivity (Wildman–Crippen MR) is 102 cm³/mol. The molecule has 3 aliphatic rings. The van der Waals surface area contributed by atoms with Crippen LogP contribution in [0, 0.1) is 16.0 Å². The highest BCUT2D eigenvalue weighted by Crippen LogP contribution is 2.36. The highest BCUT2D eigenvalue weighted by atomic mass is 16.7. The number of benzene rings is 1. The van der Waals surface area contributed by atoms with Crippen LogP contribution in [-0.2, 0) is 23.8 Å². The molecule has 10 nitrogen and oxygen atoms in total. The number of carbonyl (C=O) groups excluding carboxylic acids is 1. The number of nitrogens with zero attached hydrogens (tertiary/aromatic N) is 3. The number of hydrogen-bond acceptors (Lipinski definition) is 9. The van der Waals surface area contributed by atoms with Gasteiger partial charge in [-0.1, -0.05) is 5.16 Å². The molecule has 1 aromatic rings. The summed E-state index contributed by atoms with van der Waals surface area (Å²) in [7, 11) is 0. The Morgan fingerprint density at radius 2 is 1.97 bits per heavy atom. The molecule has 2 atom stereocenters. The average molecular weight is 405 g/mol. The summed E-state index contributed by atoms with van der Waals surface area (Å²) < 4.78 is 17.3. The van der Waals surface area contributed by atoms with Crippen LogP contribution in [0.2, 0.25) is 0 Å². The van der Waals surface area contributed by atoms with E-state index in [4.69, 9.17) is 19.0 Å². The monoisotopic (exact) mass is 405 g/mol. The lowest BCUT2D eigenvalue weighted by Gasteiger charge is -2.41. The second-order valence-electron chi connectivity index (χ2n) is 7.24. The molecule has 3 heterocycles. The Bertz CT molecular complexity index is 803. The number of hydrogen-bond donors (Lipinski definition) is 0. The van der Waals surface area contributed by atoms with Crippen LogP contribution < -0.4 is 4.90 Å². The van der Waals surface area contributed by atoms with Crippen LogP contribution in [0.3, 0.4) is 0 Å². The van der Waals surface area contributed by atoms with E-state index in [0.717, 1.165) is 5.69 Å². The molecule has 4 rings (SSSR count). The van der Waals surface area contributed by atoms with E-state index < -0.39 is 16.7 Å². The van der Waals surface area contributed by atoms with Crippen molar-refractivity contribution in [2.75, 3.05) is 37.8 Å². The summed E-state index contributed by atoms with van der Waals surface area (Å²) in [6, 6.07) is 6.52. The summed E-state index contributed by atoms with van der Waals surface area (Å²) in [5, 5.41) is 14.7. The minimum absolute atomic E-state index is 0.0725. The highest BCUT2D eigenvalue weighted by molar-refractivity contribution is 6.37. The van der Waals surface area contributed by atoms with E-state index in [1.54, 1.807) is 19.1 Å². The van der Waals surface area contributed by atoms with Crippen LogP contribution in [0.4, 0.5) is 11.4 Å². The maximum atomic E-state index is 12.1. The predicted octanol–water partition coefficient (Wildman–Crippen LogP) is 1.87. The molecule has 0 N–H and O–H groups in total. The first kappa shape index (κ1) is 19.6. The lowest BCUT2D eigenvalue weighted by atomic mass is 9.99. The third-order valence-corrected chi connectivity index (χ3v) is 5.56. The zero-order chi connectivity index (χ0) is 20.4. The van der Waals surface area contributed by atoms with Gasteiger partial charge in [0.25, 0.3) is 5.69 Å². The zero-order valence-corrected chi connectivity index (χ0v) is 16.1. The molecule has 0 amide bonds. The first-order valence-corrected chi connectivity index (χ1v) is 9.69. The number of nitro benzene ring substituents is 1. The molecule has 3 aliphatic heterocycles. The lowest BCUT2D eigenvalue weighted by molar-refractivity contribution is -0.384. The minimum Gasteiger partial charge on any atom is -0.461 e. The molecule has 10 heteroatoms. The molecule has 0 aromatic heterocycles. The molecule has 1 aromatic carbocycles. The van der Waals surface area contributed by atoms with E-state index in [2.05, 4.69) is 10.1 Å². The largest absolute Gasteiger partial charge is 0.461 e. The second-order valence-corrected chi connectivity index (χ2v) is 7.24. The van der Waals surface area contributed by atoms with Crippen LogP contribution in [0.25, 0.3) is 0 Å². The quantitative estimate of drug-likeness (QED) is 0.424. The molecule has 0 radical (unpaired) electrons. The molecule has 0 saturated carbocycles. The first-order valence-electron chi connectivity index (χ1n) is 9.69. The van der Waals surface area contributed by atoms with Gasteiger partial charge in [0, 0.05) is 43.8 Å². The number of nitro groups is 1. The SMILES string of the molecule is CCOC(=O)C1=NO[C@H]2COC3(CCN(c4ccc([N+](=O)[O-])cc4)CC3)OC[C@@H]12. The Kier molecular flexibility index (Phi) is 5.37. The number of non-ortho nitro benzene ring substituents is 1. The molecular formula is C19H23N3O7. The molecule has 2 saturated heterocycles. The summed E-state index contributed by atoms with van der Waals surface area (Å²) in [5.41, 5.74) is 1.25. The maximum Gasteiger partial charge on any atom is 0.356 e. The minimum atomic E-state index is -0.731. The van der Waals surface area contributed by atoms with E-state index in [9.17, 15) is 14.9 Å². The third-order valence-electron chi connectivity index (χ3n) is 5.56. The number of fused-ring (bicyclic) bond motifs is 1. The number of oxime groups is 1. The van der Waals surface area contributed by atoms with Crippen LogP contribution in [-0.4, -0.2) is 61.4 Å². The van der Waals surface area contributed by atoms with Gasteiger partial charge in [-0.2, -0.15) is 0 Å². The van der Waals surface area contributed by atoms with Crippen molar-refractivity contribution in [3.05, 3.63) is 34.4 Å². The third kappa shape index (κ3) is 3.90. The van der Waals surface area contributed by atoms with E-state index in [1.165, 1.54) is 12.1 Å². The van der Waals surface area contributed by atoms with Crippen molar-refractivity contribution in [3.8, 4) is 0 Å². The molecule has 0 aliphatic carbocycles. The molecular weight excluding hydrogens is 382 g/mol. The zero-order valence-electron chi connectivity index (χ0n) is 16.1. The van der Waals surface area contributed by atoms with Crippen molar-refractivity contribution in [2.45, 2.75) is 31.7 Å². The Labute approximate surface area is 167 Å². The summed E-state index contributed by atoms with van der Waals surface area (Å²) in [6.45, 7) is 3.95. The Morgan fingerprint density at radius 3 is 2.62 bits per heavy atom. The standard InChI is InChI=1S/C19H23N3O7/c1-2-26-18(23)17-15-11-27-19(28-12-16(15)29-20-17)7-9-21(10-8-19)13-3-5-14(6-4-13)22(24)25/h3-6,15-16H,2,7-12H2,1H3/t15-,16+/m1/s1. The Balaban J connectivity index is 1.37. The fourth-order valence-electron chi connectivity index (χ4n) is 3.87. The summed E-state index contributed by atoms with van der Waals surface area (Å²) in [5.74, 6) is -1.52. The van der Waals surface area contributed by atoms with E-state index in [1.807, 2.05) is 0 Å². The van der Waals surface area contributed by atoms with Crippen LogP contribution in [0.1, 0.15) is 19.8 Å². The normalized spacial score (nSPS) is 25.6. The van der Waals surface area contributed by atoms with Crippen LogP contribution >= 0.6 is 0 Å². The molecule has 29 heavy (non-hydrogen) atoms. The number of rotatable bonds is 4. The summed E-state index contributed by atoms with van der Waals surface area (Å²) >= 11 is 0. The van der Waals surface area contributed by atoms with Crippen molar-refractivity contribution in [2.24, 2.45) is 11.1 Å². The van der Waals surface area contributed by atoms with Gasteiger partial charge >= 0.3 is 5.97 Å². The average Bonchev–Trinajstić information content (AvgIpc) is 3.07. The first-order chi connectivity index (χ1) is 14.0. The van der Waals surface area contributed by atoms with Gasteiger partial charge in [-0.25, -0.2) is 4.79 Å². The lowest BCUT2D eigenvalue weighted by Crippen LogP contribution is -2.48. The van der Waals surface area contributed by atoms with E-state index in [0.29, 0.717) is 25.9 Å². The van der Waals surface area contributed by atoms with Gasteiger partial charge in [-0.05, 0) is 19.1 Å². The van der Waals surface area contributed by atoms with Gasteiger partial charge in [-0.15, -0.1) is 0 Å². The van der Waals surface area contributed by atoms with Gasteiger partial charge in [0.15, 0.2) is 17.6 Å².